The van der Waals surface area contributed by atoms with Gasteiger partial charge in [-0.15, -0.1) is 10.2 Å². The van der Waals surface area contributed by atoms with Crippen molar-refractivity contribution in [1.82, 2.24) is 26.4 Å². The minimum Gasteiger partial charge on any atom is -0.411 e. The quantitative estimate of drug-likeness (QED) is 0.390. The molecule has 3 N–H and O–H groups in total. The summed E-state index contributed by atoms with van der Waals surface area (Å²) in [5, 5.41) is 10.9. The third-order valence-corrected chi connectivity index (χ3v) is 4.42. The van der Waals surface area contributed by atoms with E-state index in [9.17, 15) is 14.4 Å². The number of nitrogens with one attached hydrogen (secondary N) is 3. The van der Waals surface area contributed by atoms with Gasteiger partial charge in [-0.3, -0.25) is 25.2 Å². The number of aromatic nitrogens is 2. The fraction of sp³-hybridized carbons (Fsp3) is 0.267. The van der Waals surface area contributed by atoms with Crippen LogP contribution >= 0.6 is 23.4 Å². The molecule has 1 aliphatic carbocycles. The fourth-order valence-electron chi connectivity index (χ4n) is 1.84. The van der Waals surface area contributed by atoms with Crippen LogP contribution < -0.4 is 16.2 Å². The Kier molecular flexibility index (Phi) is 5.74. The summed E-state index contributed by atoms with van der Waals surface area (Å²) in [4.78, 5) is 34.6. The van der Waals surface area contributed by atoms with Crippen molar-refractivity contribution >= 4 is 41.1 Å². The van der Waals surface area contributed by atoms with Crippen LogP contribution in [0.1, 0.15) is 12.8 Å². The number of rotatable bonds is 5. The van der Waals surface area contributed by atoms with Crippen molar-refractivity contribution in [3.63, 3.8) is 0 Å². The summed E-state index contributed by atoms with van der Waals surface area (Å²) in [7, 11) is 0. The molecule has 0 spiro atoms. The van der Waals surface area contributed by atoms with Gasteiger partial charge in [-0.2, -0.15) is 0 Å². The predicted molar refractivity (Wildman–Crippen MR) is 92.9 cm³/mol. The molecule has 2 aromatic rings. The summed E-state index contributed by atoms with van der Waals surface area (Å²) < 4.78 is 5.44. The van der Waals surface area contributed by atoms with Crippen molar-refractivity contribution in [3.8, 4) is 11.5 Å². The number of carbonyl (C=O) groups is 3. The lowest BCUT2D eigenvalue weighted by Crippen LogP contribution is -2.49. The van der Waals surface area contributed by atoms with Crippen LogP contribution in [0.25, 0.3) is 11.5 Å². The highest BCUT2D eigenvalue weighted by Gasteiger charge is 2.26. The summed E-state index contributed by atoms with van der Waals surface area (Å²) in [6, 6.07) is 7.06. The second-order valence-corrected chi connectivity index (χ2v) is 6.73. The first kappa shape index (κ1) is 18.2. The summed E-state index contributed by atoms with van der Waals surface area (Å²) in [6.07, 6.45) is 1.73. The van der Waals surface area contributed by atoms with E-state index in [-0.39, 0.29) is 22.9 Å². The van der Waals surface area contributed by atoms with E-state index in [2.05, 4.69) is 20.9 Å². The molecule has 26 heavy (non-hydrogen) atoms. The van der Waals surface area contributed by atoms with Crippen molar-refractivity contribution in [3.05, 3.63) is 29.3 Å². The number of hydrogen-bond acceptors (Lipinski definition) is 7. The standard InChI is InChI=1S/C15H14ClN5O4S/c16-10-4-2-1-3-9(10)14-20-21-15(25-14)26-7-11(22)18-19-13(24)12(23)17-8-5-6-8/h1-4,8H,5-7H2,(H,17,23)(H,18,22)(H,19,24). The van der Waals surface area contributed by atoms with Gasteiger partial charge in [-0.25, -0.2) is 0 Å². The molecule has 3 amide bonds. The van der Waals surface area contributed by atoms with Crippen LogP contribution in [0.15, 0.2) is 33.9 Å². The SMILES string of the molecule is O=C(CSc1nnc(-c2ccccc2Cl)o1)NNC(=O)C(=O)NC1CC1. The van der Waals surface area contributed by atoms with E-state index in [1.165, 1.54) is 0 Å². The molecular weight excluding hydrogens is 382 g/mol. The zero-order valence-electron chi connectivity index (χ0n) is 13.3. The summed E-state index contributed by atoms with van der Waals surface area (Å²) in [5.74, 6) is -2.08. The number of hydrogen-bond donors (Lipinski definition) is 3. The smallest absolute Gasteiger partial charge is 0.327 e. The van der Waals surface area contributed by atoms with Gasteiger partial charge in [0.25, 0.3) is 5.22 Å². The van der Waals surface area contributed by atoms with Crippen molar-refractivity contribution in [2.24, 2.45) is 0 Å². The lowest BCUT2D eigenvalue weighted by molar-refractivity contribution is -0.140. The number of amides is 3. The van der Waals surface area contributed by atoms with Crippen LogP contribution in [-0.4, -0.2) is 39.7 Å². The maximum absolute atomic E-state index is 11.7. The number of thioether (sulfide) groups is 1. The molecule has 3 rings (SSSR count). The maximum Gasteiger partial charge on any atom is 0.327 e. The van der Waals surface area contributed by atoms with E-state index in [1.54, 1.807) is 24.3 Å². The van der Waals surface area contributed by atoms with Gasteiger partial charge in [0.05, 0.1) is 16.3 Å². The second-order valence-electron chi connectivity index (χ2n) is 5.39. The molecule has 1 fully saturated rings. The Morgan fingerprint density at radius 3 is 2.65 bits per heavy atom. The van der Waals surface area contributed by atoms with Crippen molar-refractivity contribution in [1.29, 1.82) is 0 Å². The highest BCUT2D eigenvalue weighted by Crippen LogP contribution is 2.28. The van der Waals surface area contributed by atoms with Gasteiger partial charge in [0.1, 0.15) is 0 Å². The third kappa shape index (κ3) is 4.96. The molecule has 0 bridgehead atoms. The highest BCUT2D eigenvalue weighted by atomic mass is 35.5. The lowest BCUT2D eigenvalue weighted by Gasteiger charge is -2.06. The normalized spacial score (nSPS) is 13.1. The topological polar surface area (TPSA) is 126 Å². The minimum atomic E-state index is -0.922. The first-order chi connectivity index (χ1) is 12.5. The van der Waals surface area contributed by atoms with E-state index in [1.807, 2.05) is 5.43 Å². The molecule has 0 aliphatic heterocycles. The molecule has 9 nitrogen and oxygen atoms in total. The Morgan fingerprint density at radius 2 is 1.92 bits per heavy atom. The zero-order valence-corrected chi connectivity index (χ0v) is 14.9. The van der Waals surface area contributed by atoms with Crippen LogP contribution in [0.3, 0.4) is 0 Å². The second kappa shape index (κ2) is 8.19. The number of halogens is 1. The van der Waals surface area contributed by atoms with Crippen LogP contribution in [0, 0.1) is 0 Å². The molecule has 0 unspecified atom stereocenters. The number of carbonyl (C=O) groups excluding carboxylic acids is 3. The Balaban J connectivity index is 1.44. The molecule has 1 saturated carbocycles. The van der Waals surface area contributed by atoms with E-state index in [4.69, 9.17) is 16.0 Å². The lowest BCUT2D eigenvalue weighted by atomic mass is 10.2. The van der Waals surface area contributed by atoms with Crippen molar-refractivity contribution in [2.45, 2.75) is 24.1 Å². The van der Waals surface area contributed by atoms with Crippen LogP contribution in [-0.2, 0) is 14.4 Å². The number of hydrazine groups is 1. The Hall–Kier alpha value is -2.59. The van der Waals surface area contributed by atoms with Crippen molar-refractivity contribution < 1.29 is 18.8 Å². The fourth-order valence-corrected chi connectivity index (χ4v) is 2.62. The largest absolute Gasteiger partial charge is 0.411 e. The monoisotopic (exact) mass is 395 g/mol. The molecule has 1 heterocycles. The van der Waals surface area contributed by atoms with E-state index >= 15 is 0 Å². The average Bonchev–Trinajstić information content (AvgIpc) is 3.32. The summed E-state index contributed by atoms with van der Waals surface area (Å²) >= 11 is 7.04. The van der Waals surface area contributed by atoms with E-state index in [0.717, 1.165) is 24.6 Å². The number of nitrogens with zero attached hydrogens (tertiary/aromatic N) is 2. The first-order valence-electron chi connectivity index (χ1n) is 7.64. The summed E-state index contributed by atoms with van der Waals surface area (Å²) in [5.41, 5.74) is 4.78. The molecule has 0 saturated heterocycles. The maximum atomic E-state index is 11.7. The summed E-state index contributed by atoms with van der Waals surface area (Å²) in [6.45, 7) is 0. The minimum absolute atomic E-state index is 0.0596. The molecule has 0 atom stereocenters. The van der Waals surface area contributed by atoms with Gasteiger partial charge in [0, 0.05) is 6.04 Å². The van der Waals surface area contributed by atoms with Crippen LogP contribution in [0.4, 0.5) is 0 Å². The Labute approximate surface area is 157 Å². The molecule has 0 radical (unpaired) electrons. The van der Waals surface area contributed by atoms with Gasteiger partial charge in [0.2, 0.25) is 11.8 Å². The van der Waals surface area contributed by atoms with Gasteiger partial charge in [-0.05, 0) is 25.0 Å². The molecule has 11 heteroatoms. The predicted octanol–water partition coefficient (Wildman–Crippen LogP) is 0.908. The van der Waals surface area contributed by atoms with Gasteiger partial charge >= 0.3 is 11.8 Å². The zero-order chi connectivity index (χ0) is 18.5. The van der Waals surface area contributed by atoms with Gasteiger partial charge in [0.15, 0.2) is 0 Å². The van der Waals surface area contributed by atoms with Gasteiger partial charge in [-0.1, -0.05) is 35.5 Å². The molecule has 1 aromatic heterocycles. The first-order valence-corrected chi connectivity index (χ1v) is 9.00. The highest BCUT2D eigenvalue weighted by molar-refractivity contribution is 7.99. The third-order valence-electron chi connectivity index (χ3n) is 3.27. The molecule has 1 aliphatic rings. The molecular formula is C15H14ClN5O4S. The van der Waals surface area contributed by atoms with Gasteiger partial charge < -0.3 is 9.73 Å². The van der Waals surface area contributed by atoms with E-state index in [0.29, 0.717) is 10.6 Å². The molecule has 1 aromatic carbocycles. The van der Waals surface area contributed by atoms with Crippen LogP contribution in [0.5, 0.6) is 0 Å². The molecule has 136 valence electrons. The average molecular weight is 396 g/mol. The van der Waals surface area contributed by atoms with Crippen LogP contribution in [0.2, 0.25) is 5.02 Å². The van der Waals surface area contributed by atoms with Crippen molar-refractivity contribution in [2.75, 3.05) is 5.75 Å². The van der Waals surface area contributed by atoms with E-state index < -0.39 is 17.7 Å². The Bertz CT molecular complexity index is 839. The Morgan fingerprint density at radius 1 is 1.15 bits per heavy atom. The number of benzene rings is 1.